The van der Waals surface area contributed by atoms with Crippen molar-refractivity contribution >= 4 is 28.6 Å². The van der Waals surface area contributed by atoms with Crippen molar-refractivity contribution in [3.63, 3.8) is 0 Å². The number of carbonyl (C=O) groups is 1. The van der Waals surface area contributed by atoms with Gasteiger partial charge in [0.1, 0.15) is 5.82 Å². The van der Waals surface area contributed by atoms with Gasteiger partial charge in [0.25, 0.3) is 5.56 Å². The second-order valence-electron chi connectivity index (χ2n) is 7.08. The van der Waals surface area contributed by atoms with Crippen LogP contribution >= 0.6 is 11.8 Å². The number of hydrogen-bond donors (Lipinski definition) is 1. The number of aromatic nitrogens is 3. The van der Waals surface area contributed by atoms with Crippen molar-refractivity contribution in [2.45, 2.75) is 38.9 Å². The predicted molar refractivity (Wildman–Crippen MR) is 113 cm³/mol. The minimum Gasteiger partial charge on any atom is -0.353 e. The molecule has 0 fully saturated rings. The Morgan fingerprint density at radius 3 is 2.64 bits per heavy atom. The van der Waals surface area contributed by atoms with Crippen molar-refractivity contribution in [2.24, 2.45) is 5.92 Å². The fourth-order valence-electron chi connectivity index (χ4n) is 2.70. The van der Waals surface area contributed by atoms with Gasteiger partial charge in [0.2, 0.25) is 5.91 Å². The highest BCUT2D eigenvalue weighted by Gasteiger charge is 2.17. The Balaban J connectivity index is 2.01. The zero-order chi connectivity index (χ0) is 20.3. The van der Waals surface area contributed by atoms with E-state index >= 15 is 0 Å². The van der Waals surface area contributed by atoms with E-state index in [9.17, 15) is 9.59 Å². The van der Waals surface area contributed by atoms with Crippen molar-refractivity contribution in [2.75, 3.05) is 5.75 Å². The molecule has 28 heavy (non-hydrogen) atoms. The first kappa shape index (κ1) is 20.1. The Morgan fingerprint density at radius 1 is 1.18 bits per heavy atom. The van der Waals surface area contributed by atoms with Crippen molar-refractivity contribution in [3.05, 3.63) is 58.5 Å². The third-order valence-electron chi connectivity index (χ3n) is 4.66. The zero-order valence-corrected chi connectivity index (χ0v) is 17.3. The van der Waals surface area contributed by atoms with Gasteiger partial charge in [-0.15, -0.1) is 0 Å². The maximum Gasteiger partial charge on any atom is 0.267 e. The number of para-hydroxylation sites is 1. The number of hydrogen-bond acceptors (Lipinski definition) is 5. The molecule has 1 amide bonds. The molecule has 2 heterocycles. The molecular weight excluding hydrogens is 372 g/mol. The second-order valence-corrected chi connectivity index (χ2v) is 8.03. The monoisotopic (exact) mass is 396 g/mol. The van der Waals surface area contributed by atoms with Gasteiger partial charge < -0.3 is 5.32 Å². The SMILES string of the molecule is Cc1cccnc1-n1c(SCC(=O)N[C@H](C)C(C)C)nc2ccccc2c1=O. The fraction of sp³-hybridized carbons (Fsp3) is 0.333. The standard InChI is InChI=1S/C21H24N4O2S/c1-13(2)15(4)23-18(26)12-28-21-24-17-10-6-5-9-16(17)20(27)25(21)19-14(3)8-7-11-22-19/h5-11,13,15H,12H2,1-4H3,(H,23,26)/t15-/m1/s1. The van der Waals surface area contributed by atoms with Gasteiger partial charge in [-0.3, -0.25) is 9.59 Å². The number of rotatable bonds is 6. The van der Waals surface area contributed by atoms with Crippen LogP contribution in [0.25, 0.3) is 16.7 Å². The number of nitrogens with one attached hydrogen (secondary N) is 1. The average Bonchev–Trinajstić information content (AvgIpc) is 2.67. The summed E-state index contributed by atoms with van der Waals surface area (Å²) in [6.07, 6.45) is 1.65. The summed E-state index contributed by atoms with van der Waals surface area (Å²) in [6.45, 7) is 8.00. The Labute approximate surface area is 168 Å². The van der Waals surface area contributed by atoms with Gasteiger partial charge in [0, 0.05) is 12.2 Å². The van der Waals surface area contributed by atoms with Crippen LogP contribution in [0.5, 0.6) is 0 Å². The first-order chi connectivity index (χ1) is 13.4. The summed E-state index contributed by atoms with van der Waals surface area (Å²) in [4.78, 5) is 34.5. The molecule has 0 unspecified atom stereocenters. The molecule has 146 valence electrons. The van der Waals surface area contributed by atoms with Crippen LogP contribution in [0, 0.1) is 12.8 Å². The number of benzene rings is 1. The van der Waals surface area contributed by atoms with E-state index in [0.29, 0.717) is 27.8 Å². The fourth-order valence-corrected chi connectivity index (χ4v) is 3.50. The van der Waals surface area contributed by atoms with Crippen LogP contribution in [0.1, 0.15) is 26.3 Å². The molecule has 0 aliphatic carbocycles. The molecule has 3 rings (SSSR count). The van der Waals surface area contributed by atoms with E-state index in [-0.39, 0.29) is 23.3 Å². The van der Waals surface area contributed by atoms with Gasteiger partial charge in [-0.1, -0.05) is 43.8 Å². The minimum absolute atomic E-state index is 0.0814. The molecule has 1 atom stereocenters. The smallest absolute Gasteiger partial charge is 0.267 e. The van der Waals surface area contributed by atoms with Gasteiger partial charge >= 0.3 is 0 Å². The van der Waals surface area contributed by atoms with Crippen LogP contribution in [-0.4, -0.2) is 32.2 Å². The number of nitrogens with zero attached hydrogens (tertiary/aromatic N) is 3. The lowest BCUT2D eigenvalue weighted by atomic mass is 10.1. The van der Waals surface area contributed by atoms with Crippen LogP contribution in [0.4, 0.5) is 0 Å². The molecule has 1 aromatic carbocycles. The maximum absolute atomic E-state index is 13.2. The lowest BCUT2D eigenvalue weighted by Gasteiger charge is -2.18. The number of thioether (sulfide) groups is 1. The molecule has 2 aromatic heterocycles. The lowest BCUT2D eigenvalue weighted by Crippen LogP contribution is -2.37. The van der Waals surface area contributed by atoms with E-state index in [1.807, 2.05) is 38.1 Å². The summed E-state index contributed by atoms with van der Waals surface area (Å²) in [5.41, 5.74) is 1.28. The first-order valence-electron chi connectivity index (χ1n) is 9.24. The Bertz CT molecular complexity index is 1060. The quantitative estimate of drug-likeness (QED) is 0.511. The molecule has 6 nitrogen and oxygen atoms in total. The van der Waals surface area contributed by atoms with Crippen LogP contribution in [0.3, 0.4) is 0 Å². The topological polar surface area (TPSA) is 76.9 Å². The first-order valence-corrected chi connectivity index (χ1v) is 10.2. The highest BCUT2D eigenvalue weighted by Crippen LogP contribution is 2.21. The van der Waals surface area contributed by atoms with Gasteiger partial charge in [-0.25, -0.2) is 14.5 Å². The summed E-state index contributed by atoms with van der Waals surface area (Å²) in [6, 6.07) is 11.0. The average molecular weight is 397 g/mol. The molecular formula is C21H24N4O2S. The molecule has 0 saturated carbocycles. The normalized spacial score (nSPS) is 12.3. The van der Waals surface area contributed by atoms with E-state index in [4.69, 9.17) is 0 Å². The summed E-state index contributed by atoms with van der Waals surface area (Å²) in [5, 5.41) is 3.96. The zero-order valence-electron chi connectivity index (χ0n) is 16.5. The number of pyridine rings is 1. The molecule has 7 heteroatoms. The molecule has 0 saturated heterocycles. The Morgan fingerprint density at radius 2 is 1.93 bits per heavy atom. The third-order valence-corrected chi connectivity index (χ3v) is 5.60. The van der Waals surface area contributed by atoms with Crippen molar-refractivity contribution in [3.8, 4) is 5.82 Å². The van der Waals surface area contributed by atoms with Crippen LogP contribution < -0.4 is 10.9 Å². The Hall–Kier alpha value is -2.67. The van der Waals surface area contributed by atoms with E-state index < -0.39 is 0 Å². The van der Waals surface area contributed by atoms with Gasteiger partial charge in [-0.05, 0) is 43.5 Å². The van der Waals surface area contributed by atoms with E-state index in [0.717, 1.165) is 5.56 Å². The molecule has 3 aromatic rings. The van der Waals surface area contributed by atoms with E-state index in [1.165, 1.54) is 16.3 Å². The molecule has 1 N–H and O–H groups in total. The largest absolute Gasteiger partial charge is 0.353 e. The molecule has 0 radical (unpaired) electrons. The number of aryl methyl sites for hydroxylation is 1. The summed E-state index contributed by atoms with van der Waals surface area (Å²) in [5.74, 6) is 0.970. The molecule has 0 spiro atoms. The maximum atomic E-state index is 13.2. The molecule has 0 aliphatic heterocycles. The summed E-state index contributed by atoms with van der Waals surface area (Å²) in [7, 11) is 0. The van der Waals surface area contributed by atoms with Gasteiger partial charge in [0.15, 0.2) is 5.16 Å². The van der Waals surface area contributed by atoms with Gasteiger partial charge in [0.05, 0.1) is 16.7 Å². The highest BCUT2D eigenvalue weighted by atomic mass is 32.2. The minimum atomic E-state index is -0.189. The summed E-state index contributed by atoms with van der Waals surface area (Å²) >= 11 is 1.24. The van der Waals surface area contributed by atoms with Gasteiger partial charge in [-0.2, -0.15) is 0 Å². The highest BCUT2D eigenvalue weighted by molar-refractivity contribution is 7.99. The second kappa shape index (κ2) is 8.56. The molecule has 0 bridgehead atoms. The van der Waals surface area contributed by atoms with Crippen molar-refractivity contribution in [1.29, 1.82) is 0 Å². The van der Waals surface area contributed by atoms with Crippen LogP contribution in [-0.2, 0) is 4.79 Å². The number of carbonyl (C=O) groups excluding carboxylic acids is 1. The van der Waals surface area contributed by atoms with E-state index in [2.05, 4.69) is 29.1 Å². The third kappa shape index (κ3) is 4.25. The van der Waals surface area contributed by atoms with E-state index in [1.54, 1.807) is 18.3 Å². The summed E-state index contributed by atoms with van der Waals surface area (Å²) < 4.78 is 1.50. The molecule has 0 aliphatic rings. The van der Waals surface area contributed by atoms with Crippen LogP contribution in [0.15, 0.2) is 52.5 Å². The van der Waals surface area contributed by atoms with Crippen molar-refractivity contribution < 1.29 is 4.79 Å². The van der Waals surface area contributed by atoms with Crippen molar-refractivity contribution in [1.82, 2.24) is 19.9 Å². The lowest BCUT2D eigenvalue weighted by molar-refractivity contribution is -0.119. The van der Waals surface area contributed by atoms with Crippen LogP contribution in [0.2, 0.25) is 0 Å². The Kier molecular flexibility index (Phi) is 6.14. The predicted octanol–water partition coefficient (Wildman–Crippen LogP) is 3.34. The number of fused-ring (bicyclic) bond motifs is 1. The number of amides is 1.